The lowest BCUT2D eigenvalue weighted by Crippen LogP contribution is -2.44. The zero-order valence-corrected chi connectivity index (χ0v) is 20.3. The van der Waals surface area contributed by atoms with Crippen LogP contribution in [0.1, 0.15) is 39.2 Å². The van der Waals surface area contributed by atoms with Crippen LogP contribution in [0.3, 0.4) is 0 Å². The van der Waals surface area contributed by atoms with Crippen LogP contribution >= 0.6 is 0 Å². The topological polar surface area (TPSA) is 101 Å². The molecule has 1 aliphatic rings. The molecule has 0 aliphatic carbocycles. The quantitative estimate of drug-likeness (QED) is 0.523. The van der Waals surface area contributed by atoms with Gasteiger partial charge < -0.3 is 24.4 Å². The molecule has 1 atom stereocenters. The van der Waals surface area contributed by atoms with Crippen molar-refractivity contribution in [3.05, 3.63) is 67.0 Å². The number of carbonyl (C=O) groups excluding carboxylic acids is 1. The van der Waals surface area contributed by atoms with Gasteiger partial charge in [0, 0.05) is 25.4 Å². The number of likely N-dealkylation sites (tertiary alicyclic amines) is 1. The highest BCUT2D eigenvalue weighted by molar-refractivity contribution is 5.71. The number of aromatic nitrogens is 3. The third kappa shape index (κ3) is 6.24. The number of aliphatic hydroxyl groups excluding tert-OH is 1. The second-order valence-corrected chi connectivity index (χ2v) is 9.42. The van der Waals surface area contributed by atoms with Gasteiger partial charge in [0.05, 0.1) is 36.9 Å². The number of pyridine rings is 1. The first-order valence-electron chi connectivity index (χ1n) is 11.7. The van der Waals surface area contributed by atoms with E-state index >= 15 is 0 Å². The van der Waals surface area contributed by atoms with E-state index in [-0.39, 0.29) is 18.7 Å². The van der Waals surface area contributed by atoms with Crippen LogP contribution in [0.2, 0.25) is 0 Å². The largest absolute Gasteiger partial charge is 0.455 e. The fourth-order valence-corrected chi connectivity index (χ4v) is 4.02. The Balaban J connectivity index is 1.64. The van der Waals surface area contributed by atoms with E-state index in [1.807, 2.05) is 49.9 Å². The van der Waals surface area contributed by atoms with E-state index in [4.69, 9.17) is 9.47 Å². The molecule has 1 saturated heterocycles. The van der Waals surface area contributed by atoms with Crippen LogP contribution in [0.25, 0.3) is 0 Å². The third-order valence-electron chi connectivity index (χ3n) is 5.64. The van der Waals surface area contributed by atoms with Crippen molar-refractivity contribution in [1.29, 1.82) is 0 Å². The lowest BCUT2D eigenvalue weighted by Gasteiger charge is -2.33. The lowest BCUT2D eigenvalue weighted by atomic mass is 10.1. The fourth-order valence-electron chi connectivity index (χ4n) is 4.02. The summed E-state index contributed by atoms with van der Waals surface area (Å²) < 4.78 is 11.9. The van der Waals surface area contributed by atoms with Crippen molar-refractivity contribution in [3.63, 3.8) is 0 Å². The van der Waals surface area contributed by atoms with Gasteiger partial charge in [-0.25, -0.2) is 14.8 Å². The molecule has 1 unspecified atom stereocenters. The summed E-state index contributed by atoms with van der Waals surface area (Å²) in [4.78, 5) is 29.4. The standard InChI is InChI=1S/C26H31N5O4/c1-26(2,3)35-25(33)30-12-4-5-20(30)16-31(21-13-28-18-29-14-21)23-15-27-11-10-24(23)34-22-8-6-19(17-32)7-9-22/h6-11,13-15,18,20,32H,4-5,12,16-17H2,1-3H3. The van der Waals surface area contributed by atoms with E-state index in [9.17, 15) is 9.90 Å². The van der Waals surface area contributed by atoms with Gasteiger partial charge in [-0.3, -0.25) is 4.98 Å². The first-order valence-corrected chi connectivity index (χ1v) is 11.7. The molecule has 1 fully saturated rings. The molecule has 1 aromatic carbocycles. The van der Waals surface area contributed by atoms with E-state index in [0.29, 0.717) is 24.6 Å². The maximum absolute atomic E-state index is 12.9. The van der Waals surface area contributed by atoms with Crippen molar-refractivity contribution in [1.82, 2.24) is 19.9 Å². The molecule has 9 heteroatoms. The minimum atomic E-state index is -0.562. The Morgan fingerprint density at radius 1 is 1.11 bits per heavy atom. The van der Waals surface area contributed by atoms with Gasteiger partial charge in [-0.15, -0.1) is 0 Å². The number of amides is 1. The Hall–Kier alpha value is -3.72. The number of hydrogen-bond acceptors (Lipinski definition) is 8. The number of ether oxygens (including phenoxy) is 2. The highest BCUT2D eigenvalue weighted by Crippen LogP contribution is 2.37. The monoisotopic (exact) mass is 477 g/mol. The molecule has 0 saturated carbocycles. The number of hydrogen-bond donors (Lipinski definition) is 1. The van der Waals surface area contributed by atoms with Crippen molar-refractivity contribution >= 4 is 17.5 Å². The molecule has 4 rings (SSSR count). The van der Waals surface area contributed by atoms with Gasteiger partial charge >= 0.3 is 6.09 Å². The SMILES string of the molecule is CC(C)(C)OC(=O)N1CCCC1CN(c1cncnc1)c1cnccc1Oc1ccc(CO)cc1. The summed E-state index contributed by atoms with van der Waals surface area (Å²) in [5, 5.41) is 9.32. The van der Waals surface area contributed by atoms with Crippen LogP contribution in [0.4, 0.5) is 16.2 Å². The van der Waals surface area contributed by atoms with Gasteiger partial charge in [-0.2, -0.15) is 0 Å². The summed E-state index contributed by atoms with van der Waals surface area (Å²) in [6.45, 7) is 6.73. The summed E-state index contributed by atoms with van der Waals surface area (Å²) in [5.74, 6) is 1.23. The number of benzene rings is 1. The van der Waals surface area contributed by atoms with E-state index in [2.05, 4.69) is 15.0 Å². The van der Waals surface area contributed by atoms with Crippen molar-refractivity contribution in [2.45, 2.75) is 51.9 Å². The highest BCUT2D eigenvalue weighted by Gasteiger charge is 2.34. The normalized spacial score (nSPS) is 15.7. The van der Waals surface area contributed by atoms with Gasteiger partial charge in [0.25, 0.3) is 0 Å². The molecule has 0 bridgehead atoms. The van der Waals surface area contributed by atoms with Gasteiger partial charge in [0.2, 0.25) is 0 Å². The van der Waals surface area contributed by atoms with Crippen LogP contribution in [0.15, 0.2) is 61.4 Å². The third-order valence-corrected chi connectivity index (χ3v) is 5.64. The van der Waals surface area contributed by atoms with Crippen LogP contribution in [0, 0.1) is 0 Å². The number of aliphatic hydroxyl groups is 1. The summed E-state index contributed by atoms with van der Waals surface area (Å²) in [7, 11) is 0. The van der Waals surface area contributed by atoms with Crippen LogP contribution in [-0.2, 0) is 11.3 Å². The lowest BCUT2D eigenvalue weighted by molar-refractivity contribution is 0.0232. The Kier molecular flexibility index (Phi) is 7.45. The van der Waals surface area contributed by atoms with Crippen molar-refractivity contribution < 1.29 is 19.4 Å². The van der Waals surface area contributed by atoms with E-state index in [1.165, 1.54) is 6.33 Å². The number of nitrogens with zero attached hydrogens (tertiary/aromatic N) is 5. The zero-order chi connectivity index (χ0) is 24.8. The fraction of sp³-hybridized carbons (Fsp3) is 0.385. The van der Waals surface area contributed by atoms with Crippen LogP contribution < -0.4 is 9.64 Å². The van der Waals surface area contributed by atoms with Crippen LogP contribution in [0.5, 0.6) is 11.5 Å². The minimum Gasteiger partial charge on any atom is -0.455 e. The second kappa shape index (κ2) is 10.7. The zero-order valence-electron chi connectivity index (χ0n) is 20.3. The Morgan fingerprint density at radius 2 is 1.86 bits per heavy atom. The maximum Gasteiger partial charge on any atom is 0.410 e. The van der Waals surface area contributed by atoms with Crippen molar-refractivity contribution in [2.24, 2.45) is 0 Å². The summed E-state index contributed by atoms with van der Waals surface area (Å²) in [5.41, 5.74) is 1.73. The van der Waals surface area contributed by atoms with E-state index in [1.54, 1.807) is 35.8 Å². The maximum atomic E-state index is 12.9. The summed E-state index contributed by atoms with van der Waals surface area (Å²) in [6.07, 6.45) is 9.78. The van der Waals surface area contributed by atoms with Crippen molar-refractivity contribution in [2.75, 3.05) is 18.0 Å². The Labute approximate surface area is 205 Å². The predicted molar refractivity (Wildman–Crippen MR) is 132 cm³/mol. The van der Waals surface area contributed by atoms with Gasteiger partial charge in [0.1, 0.15) is 23.4 Å². The smallest absolute Gasteiger partial charge is 0.410 e. The molecule has 9 nitrogen and oxygen atoms in total. The number of rotatable bonds is 7. The van der Waals surface area contributed by atoms with Gasteiger partial charge in [0.15, 0.2) is 5.75 Å². The summed E-state index contributed by atoms with van der Waals surface area (Å²) >= 11 is 0. The molecule has 1 aliphatic heterocycles. The number of anilines is 2. The first kappa shape index (κ1) is 24.4. The Bertz CT molecular complexity index is 1120. The molecule has 3 heterocycles. The molecule has 1 N–H and O–H groups in total. The molecule has 184 valence electrons. The highest BCUT2D eigenvalue weighted by atomic mass is 16.6. The molecule has 35 heavy (non-hydrogen) atoms. The van der Waals surface area contributed by atoms with Gasteiger partial charge in [-0.05, 0) is 51.3 Å². The van der Waals surface area contributed by atoms with Gasteiger partial charge in [-0.1, -0.05) is 12.1 Å². The molecular weight excluding hydrogens is 446 g/mol. The van der Waals surface area contributed by atoms with Crippen LogP contribution in [-0.4, -0.2) is 55.8 Å². The van der Waals surface area contributed by atoms with E-state index < -0.39 is 5.60 Å². The minimum absolute atomic E-state index is 0.0297. The van der Waals surface area contributed by atoms with Crippen molar-refractivity contribution in [3.8, 4) is 11.5 Å². The Morgan fingerprint density at radius 3 is 2.54 bits per heavy atom. The summed E-state index contributed by atoms with van der Waals surface area (Å²) in [6, 6.07) is 8.99. The molecule has 0 radical (unpaired) electrons. The molecule has 0 spiro atoms. The average Bonchev–Trinajstić information content (AvgIpc) is 3.32. The number of carbonyl (C=O) groups is 1. The first-order chi connectivity index (χ1) is 16.8. The average molecular weight is 478 g/mol. The molecular formula is C26H31N5O4. The van der Waals surface area contributed by atoms with E-state index in [0.717, 1.165) is 29.8 Å². The second-order valence-electron chi connectivity index (χ2n) is 9.42. The molecule has 3 aromatic rings. The molecule has 2 aromatic heterocycles. The predicted octanol–water partition coefficient (Wildman–Crippen LogP) is 4.69. The molecule has 1 amide bonds.